The van der Waals surface area contributed by atoms with E-state index in [1.165, 1.54) is 44.9 Å². The third kappa shape index (κ3) is 3.01. The lowest BCUT2D eigenvalue weighted by atomic mass is 9.49. The highest BCUT2D eigenvalue weighted by molar-refractivity contribution is 5.79. The summed E-state index contributed by atoms with van der Waals surface area (Å²) in [5.74, 6) is 2.62. The van der Waals surface area contributed by atoms with Crippen LogP contribution in [0, 0.1) is 28.6 Å². The largest absolute Gasteiger partial charge is 0.393 e. The fraction of sp³-hybridized carbons (Fsp3) is 0.875. The van der Waals surface area contributed by atoms with Crippen LogP contribution in [-0.2, 0) is 4.79 Å². The average molecular weight is 359 g/mol. The van der Waals surface area contributed by atoms with E-state index in [9.17, 15) is 9.90 Å². The summed E-state index contributed by atoms with van der Waals surface area (Å²) in [6, 6.07) is 0. The highest BCUT2D eigenvalue weighted by Gasteiger charge is 2.55. The second-order valence-electron chi connectivity index (χ2n) is 10.7. The van der Waals surface area contributed by atoms with Gasteiger partial charge in [0.1, 0.15) is 5.78 Å². The summed E-state index contributed by atoms with van der Waals surface area (Å²) in [4.78, 5) is 12.0. The number of hydrogen-bond donors (Lipinski definition) is 1. The van der Waals surface area contributed by atoms with E-state index in [1.54, 1.807) is 11.1 Å². The smallest absolute Gasteiger partial charge is 0.133 e. The van der Waals surface area contributed by atoms with E-state index in [-0.39, 0.29) is 6.10 Å². The lowest BCUT2D eigenvalue weighted by Gasteiger charge is -2.55. The van der Waals surface area contributed by atoms with Crippen molar-refractivity contribution in [3.8, 4) is 0 Å². The van der Waals surface area contributed by atoms with Gasteiger partial charge in [-0.05, 0) is 80.0 Å². The van der Waals surface area contributed by atoms with Crippen LogP contribution in [0.15, 0.2) is 11.1 Å². The summed E-state index contributed by atoms with van der Waals surface area (Å²) >= 11 is 0. The number of aliphatic hydroxyl groups is 1. The quantitative estimate of drug-likeness (QED) is 0.642. The molecule has 4 rings (SSSR count). The Morgan fingerprint density at radius 3 is 2.69 bits per heavy atom. The van der Waals surface area contributed by atoms with Crippen molar-refractivity contribution in [3.05, 3.63) is 11.1 Å². The van der Waals surface area contributed by atoms with Crippen LogP contribution in [0.1, 0.15) is 97.8 Å². The lowest BCUT2D eigenvalue weighted by molar-refractivity contribution is -0.125. The van der Waals surface area contributed by atoms with Crippen molar-refractivity contribution in [2.75, 3.05) is 0 Å². The Hall–Kier alpha value is -0.630. The molecule has 0 bridgehead atoms. The molecule has 0 aromatic heterocycles. The van der Waals surface area contributed by atoms with Crippen LogP contribution in [0.5, 0.6) is 0 Å². The summed E-state index contributed by atoms with van der Waals surface area (Å²) in [6.45, 7) is 7.17. The monoisotopic (exact) mass is 358 g/mol. The first-order chi connectivity index (χ1) is 12.3. The van der Waals surface area contributed by atoms with Crippen molar-refractivity contribution in [3.63, 3.8) is 0 Å². The highest BCUT2D eigenvalue weighted by Crippen LogP contribution is 2.65. The van der Waals surface area contributed by atoms with E-state index in [0.717, 1.165) is 38.0 Å². The number of hydrogen-bond acceptors (Lipinski definition) is 2. The van der Waals surface area contributed by atoms with Crippen molar-refractivity contribution in [2.24, 2.45) is 28.6 Å². The zero-order chi connectivity index (χ0) is 18.5. The van der Waals surface area contributed by atoms with Gasteiger partial charge in [0.2, 0.25) is 0 Å². The maximum Gasteiger partial charge on any atom is 0.133 e. The minimum absolute atomic E-state index is 0.121. The second-order valence-corrected chi connectivity index (χ2v) is 10.7. The van der Waals surface area contributed by atoms with Gasteiger partial charge in [-0.15, -0.1) is 0 Å². The molecule has 3 saturated carbocycles. The van der Waals surface area contributed by atoms with E-state index in [1.807, 2.05) is 0 Å². The van der Waals surface area contributed by atoms with Crippen molar-refractivity contribution in [1.29, 1.82) is 0 Å². The van der Waals surface area contributed by atoms with Crippen LogP contribution < -0.4 is 0 Å². The third-order valence-corrected chi connectivity index (χ3v) is 8.70. The summed E-state index contributed by atoms with van der Waals surface area (Å²) in [6.07, 6.45) is 13.4. The maximum atomic E-state index is 12.0. The van der Waals surface area contributed by atoms with Crippen molar-refractivity contribution >= 4 is 5.78 Å². The number of fused-ring (bicyclic) bond motifs is 4. The van der Waals surface area contributed by atoms with E-state index < -0.39 is 0 Å². The molecule has 5 atom stereocenters. The minimum Gasteiger partial charge on any atom is -0.393 e. The van der Waals surface area contributed by atoms with Crippen LogP contribution in [0.2, 0.25) is 0 Å². The fourth-order valence-corrected chi connectivity index (χ4v) is 7.42. The Bertz CT molecular complexity index is 603. The first-order valence-corrected chi connectivity index (χ1v) is 11.3. The molecule has 0 saturated heterocycles. The number of rotatable bonds is 4. The van der Waals surface area contributed by atoms with Crippen molar-refractivity contribution in [2.45, 2.75) is 104 Å². The predicted octanol–water partition coefficient (Wildman–Crippen LogP) is 5.83. The molecule has 146 valence electrons. The molecular formula is C24H38O2. The summed E-state index contributed by atoms with van der Waals surface area (Å²) in [7, 11) is 0. The fourth-order valence-electron chi connectivity index (χ4n) is 7.42. The van der Waals surface area contributed by atoms with Crippen LogP contribution in [0.4, 0.5) is 0 Å². The second kappa shape index (κ2) is 6.76. The van der Waals surface area contributed by atoms with Crippen molar-refractivity contribution < 1.29 is 9.90 Å². The highest BCUT2D eigenvalue weighted by atomic mass is 16.3. The molecule has 2 heteroatoms. The van der Waals surface area contributed by atoms with Crippen LogP contribution in [-0.4, -0.2) is 17.0 Å². The molecule has 4 aliphatic carbocycles. The van der Waals surface area contributed by atoms with E-state index in [4.69, 9.17) is 0 Å². The predicted molar refractivity (Wildman–Crippen MR) is 106 cm³/mol. The van der Waals surface area contributed by atoms with Gasteiger partial charge >= 0.3 is 0 Å². The molecule has 0 aromatic carbocycles. The van der Waals surface area contributed by atoms with Crippen LogP contribution in [0.3, 0.4) is 0 Å². The first-order valence-electron chi connectivity index (χ1n) is 11.3. The van der Waals surface area contributed by atoms with Crippen LogP contribution >= 0.6 is 0 Å². The molecule has 26 heavy (non-hydrogen) atoms. The zero-order valence-corrected chi connectivity index (χ0v) is 17.2. The van der Waals surface area contributed by atoms with Crippen molar-refractivity contribution in [1.82, 2.24) is 0 Å². The summed E-state index contributed by atoms with van der Waals surface area (Å²) in [5, 5.41) is 10.6. The van der Waals surface area contributed by atoms with Crippen LogP contribution in [0.25, 0.3) is 0 Å². The Kier molecular flexibility index (Phi) is 4.87. The van der Waals surface area contributed by atoms with Gasteiger partial charge in [-0.3, -0.25) is 4.79 Å². The van der Waals surface area contributed by atoms with Gasteiger partial charge in [0.15, 0.2) is 0 Å². The average Bonchev–Trinajstić information content (AvgIpc) is 2.90. The van der Waals surface area contributed by atoms with Gasteiger partial charge in [-0.25, -0.2) is 0 Å². The molecule has 0 amide bonds. The molecule has 0 unspecified atom stereocenters. The number of aliphatic hydroxyl groups excluding tert-OH is 1. The number of ketones is 1. The number of allylic oxidation sites excluding steroid dienone is 1. The van der Waals surface area contributed by atoms with E-state index in [0.29, 0.717) is 28.4 Å². The summed E-state index contributed by atoms with van der Waals surface area (Å²) in [5.41, 5.74) is 4.03. The molecule has 0 spiro atoms. The molecule has 0 aliphatic heterocycles. The number of carbonyl (C=O) groups excluding carboxylic acids is 1. The Morgan fingerprint density at radius 1 is 1.12 bits per heavy atom. The normalized spacial score (nSPS) is 42.7. The minimum atomic E-state index is -0.121. The van der Waals surface area contributed by atoms with Gasteiger partial charge in [0.25, 0.3) is 0 Å². The third-order valence-electron chi connectivity index (χ3n) is 8.70. The Morgan fingerprint density at radius 2 is 1.92 bits per heavy atom. The zero-order valence-electron chi connectivity index (χ0n) is 17.2. The Labute approximate surface area is 159 Å². The molecule has 0 aromatic rings. The van der Waals surface area contributed by atoms with Gasteiger partial charge in [0.05, 0.1) is 6.10 Å². The standard InChI is InChI=1S/C24H38O2/c1-16(2)5-4-10-24-12-11-23(3)20-9-7-18(25)13-17(20)6-8-21(23)22(24)14-19(26)15-24/h16-17,19-20,26H,4-15H2,1-3H3/t17-,19+,20-,23+,24+/m0/s1. The summed E-state index contributed by atoms with van der Waals surface area (Å²) < 4.78 is 0. The topological polar surface area (TPSA) is 37.3 Å². The number of Topliss-reactive ketones (excluding diaryl/α,β-unsaturated/α-hetero) is 1. The number of carbonyl (C=O) groups is 1. The van der Waals surface area contributed by atoms with E-state index in [2.05, 4.69) is 20.8 Å². The SMILES string of the molecule is CC(C)CCC[C@]12CC[C@@]3(C)C(=C1C[C@@H](O)C2)CC[C@H]1CC(=O)CC[C@@H]13. The molecule has 0 heterocycles. The lowest BCUT2D eigenvalue weighted by Crippen LogP contribution is -2.46. The molecule has 3 fully saturated rings. The van der Waals surface area contributed by atoms with E-state index >= 15 is 0 Å². The molecule has 2 nitrogen and oxygen atoms in total. The van der Waals surface area contributed by atoms with Gasteiger partial charge < -0.3 is 5.11 Å². The maximum absolute atomic E-state index is 12.0. The van der Waals surface area contributed by atoms with Gasteiger partial charge in [-0.2, -0.15) is 0 Å². The molecule has 1 N–H and O–H groups in total. The van der Waals surface area contributed by atoms with Gasteiger partial charge in [-0.1, -0.05) is 44.8 Å². The molecular weight excluding hydrogens is 320 g/mol. The first kappa shape index (κ1) is 18.7. The molecule has 0 radical (unpaired) electrons. The van der Waals surface area contributed by atoms with Gasteiger partial charge in [0, 0.05) is 12.8 Å². The Balaban J connectivity index is 1.64. The molecule has 4 aliphatic rings.